The summed E-state index contributed by atoms with van der Waals surface area (Å²) in [7, 11) is 1.89. The lowest BCUT2D eigenvalue weighted by atomic mass is 9.89. The molecule has 1 aromatic heterocycles. The molecule has 2 bridgehead atoms. The van der Waals surface area contributed by atoms with Crippen LogP contribution in [0.1, 0.15) is 37.9 Å². The fourth-order valence-electron chi connectivity index (χ4n) is 4.43. The maximum absolute atomic E-state index is 13.4. The highest BCUT2D eigenvalue weighted by Crippen LogP contribution is 2.32. The van der Waals surface area contributed by atoms with Crippen LogP contribution in [0.3, 0.4) is 0 Å². The van der Waals surface area contributed by atoms with Gasteiger partial charge in [0.2, 0.25) is 5.91 Å². The van der Waals surface area contributed by atoms with Crippen LogP contribution in [-0.2, 0) is 18.3 Å². The second-order valence-corrected chi connectivity index (χ2v) is 7.50. The van der Waals surface area contributed by atoms with Gasteiger partial charge >= 0.3 is 0 Å². The predicted octanol–water partition coefficient (Wildman–Crippen LogP) is 2.29. The molecule has 134 valence electrons. The third kappa shape index (κ3) is 3.54. The lowest BCUT2D eigenvalue weighted by molar-refractivity contribution is -0.122. The molecule has 6 heteroatoms. The Labute approximate surface area is 147 Å². The summed E-state index contributed by atoms with van der Waals surface area (Å²) in [5.41, 5.74) is 1.57. The molecule has 25 heavy (non-hydrogen) atoms. The van der Waals surface area contributed by atoms with Crippen molar-refractivity contribution in [1.29, 1.82) is 0 Å². The van der Waals surface area contributed by atoms with Crippen molar-refractivity contribution in [3.63, 3.8) is 0 Å². The second-order valence-electron chi connectivity index (χ2n) is 7.50. The van der Waals surface area contributed by atoms with E-state index >= 15 is 0 Å². The number of nitrogens with zero attached hydrogens (tertiary/aromatic N) is 2. The van der Waals surface area contributed by atoms with E-state index in [9.17, 15) is 9.18 Å². The first kappa shape index (κ1) is 16.5. The number of hydrogen-bond acceptors (Lipinski definition) is 3. The SMILES string of the molecule is Cn1c(CCNC(=O)CC2CC3CCC(C2)N3)nc2ccc(F)cc21. The number of benzene rings is 1. The summed E-state index contributed by atoms with van der Waals surface area (Å²) in [5, 5.41) is 6.64. The molecular formula is C19H25FN4O. The molecule has 0 radical (unpaired) electrons. The third-order valence-corrected chi connectivity index (χ3v) is 5.65. The summed E-state index contributed by atoms with van der Waals surface area (Å²) in [6, 6.07) is 5.86. The molecule has 5 nitrogen and oxygen atoms in total. The molecule has 1 amide bonds. The van der Waals surface area contributed by atoms with E-state index in [0.717, 1.165) is 29.7 Å². The number of piperidine rings is 1. The molecule has 2 saturated heterocycles. The fourth-order valence-corrected chi connectivity index (χ4v) is 4.43. The number of imidazole rings is 1. The Kier molecular flexibility index (Phi) is 4.46. The van der Waals surface area contributed by atoms with Crippen molar-refractivity contribution in [3.05, 3.63) is 29.8 Å². The molecule has 2 atom stereocenters. The summed E-state index contributed by atoms with van der Waals surface area (Å²) >= 11 is 0. The van der Waals surface area contributed by atoms with Crippen molar-refractivity contribution in [2.75, 3.05) is 6.54 Å². The van der Waals surface area contributed by atoms with Gasteiger partial charge < -0.3 is 15.2 Å². The van der Waals surface area contributed by atoms with Crippen LogP contribution in [-0.4, -0.2) is 34.1 Å². The van der Waals surface area contributed by atoms with Crippen LogP contribution < -0.4 is 10.6 Å². The van der Waals surface area contributed by atoms with Crippen molar-refractivity contribution in [2.24, 2.45) is 13.0 Å². The van der Waals surface area contributed by atoms with Gasteiger partial charge in [0.05, 0.1) is 11.0 Å². The van der Waals surface area contributed by atoms with Gasteiger partial charge in [0.15, 0.2) is 0 Å². The summed E-state index contributed by atoms with van der Waals surface area (Å²) in [6.07, 6.45) is 6.05. The van der Waals surface area contributed by atoms with Gasteiger partial charge in [0.25, 0.3) is 0 Å². The van der Waals surface area contributed by atoms with Crippen LogP contribution in [0.4, 0.5) is 4.39 Å². The number of carbonyl (C=O) groups excluding carboxylic acids is 1. The van der Waals surface area contributed by atoms with E-state index in [2.05, 4.69) is 15.6 Å². The molecule has 4 rings (SSSR count). The number of nitrogens with one attached hydrogen (secondary N) is 2. The van der Waals surface area contributed by atoms with Crippen molar-refractivity contribution in [2.45, 2.75) is 50.6 Å². The molecule has 1 aromatic carbocycles. The van der Waals surface area contributed by atoms with Crippen molar-refractivity contribution in [1.82, 2.24) is 20.2 Å². The molecule has 0 spiro atoms. The van der Waals surface area contributed by atoms with Crippen LogP contribution in [0, 0.1) is 11.7 Å². The minimum Gasteiger partial charge on any atom is -0.356 e. The standard InChI is InChI=1S/C19H25FN4O/c1-24-17-11-13(20)2-5-16(17)23-18(24)6-7-21-19(25)10-12-8-14-3-4-15(9-12)22-14/h2,5,11-12,14-15,22H,3-4,6-10H2,1H3,(H,21,25). The van der Waals surface area contributed by atoms with Crippen LogP contribution in [0.5, 0.6) is 0 Å². The number of rotatable bonds is 5. The van der Waals surface area contributed by atoms with Gasteiger partial charge in [-0.15, -0.1) is 0 Å². The Bertz CT molecular complexity index is 775. The van der Waals surface area contributed by atoms with Gasteiger partial charge in [-0.2, -0.15) is 0 Å². The normalized spacial score (nSPS) is 25.4. The second kappa shape index (κ2) is 6.75. The van der Waals surface area contributed by atoms with E-state index in [1.165, 1.54) is 25.0 Å². The van der Waals surface area contributed by atoms with Crippen molar-refractivity contribution >= 4 is 16.9 Å². The van der Waals surface area contributed by atoms with E-state index < -0.39 is 0 Å². The number of halogens is 1. The molecule has 2 unspecified atom stereocenters. The largest absolute Gasteiger partial charge is 0.356 e. The van der Waals surface area contributed by atoms with E-state index in [4.69, 9.17) is 0 Å². The molecule has 3 heterocycles. The number of amides is 1. The molecule has 2 aliphatic heterocycles. The van der Waals surface area contributed by atoms with Crippen LogP contribution in [0.15, 0.2) is 18.2 Å². The average molecular weight is 344 g/mol. The van der Waals surface area contributed by atoms with E-state index in [1.54, 1.807) is 6.07 Å². The summed E-state index contributed by atoms with van der Waals surface area (Å²) < 4.78 is 15.3. The van der Waals surface area contributed by atoms with E-state index in [1.807, 2.05) is 11.6 Å². The Balaban J connectivity index is 1.29. The van der Waals surface area contributed by atoms with Crippen LogP contribution >= 0.6 is 0 Å². The first-order chi connectivity index (χ1) is 12.1. The molecule has 0 saturated carbocycles. The Morgan fingerprint density at radius 2 is 2.12 bits per heavy atom. The summed E-state index contributed by atoms with van der Waals surface area (Å²) in [6.45, 7) is 0.566. The Morgan fingerprint density at radius 1 is 1.36 bits per heavy atom. The third-order valence-electron chi connectivity index (χ3n) is 5.65. The predicted molar refractivity (Wildman–Crippen MR) is 94.7 cm³/mol. The minimum atomic E-state index is -0.258. The molecular weight excluding hydrogens is 319 g/mol. The smallest absolute Gasteiger partial charge is 0.220 e. The molecule has 2 aromatic rings. The zero-order valence-corrected chi connectivity index (χ0v) is 14.6. The van der Waals surface area contributed by atoms with Crippen molar-refractivity contribution in [3.8, 4) is 0 Å². The van der Waals surface area contributed by atoms with E-state index in [0.29, 0.717) is 37.4 Å². The molecule has 2 aliphatic rings. The van der Waals surface area contributed by atoms with Gasteiger partial charge in [-0.3, -0.25) is 4.79 Å². The number of fused-ring (bicyclic) bond motifs is 3. The van der Waals surface area contributed by atoms with Gasteiger partial charge in [-0.05, 0) is 49.8 Å². The topological polar surface area (TPSA) is 59.0 Å². The fraction of sp³-hybridized carbons (Fsp3) is 0.579. The summed E-state index contributed by atoms with van der Waals surface area (Å²) in [4.78, 5) is 16.8. The number of hydrogen-bond donors (Lipinski definition) is 2. The highest BCUT2D eigenvalue weighted by atomic mass is 19.1. The zero-order valence-electron chi connectivity index (χ0n) is 14.6. The first-order valence-corrected chi connectivity index (χ1v) is 9.22. The Hall–Kier alpha value is -1.95. The minimum absolute atomic E-state index is 0.135. The molecule has 0 aliphatic carbocycles. The van der Waals surface area contributed by atoms with Gasteiger partial charge in [-0.25, -0.2) is 9.37 Å². The summed E-state index contributed by atoms with van der Waals surface area (Å²) in [5.74, 6) is 1.25. The number of carbonyl (C=O) groups is 1. The zero-order chi connectivity index (χ0) is 17.4. The van der Waals surface area contributed by atoms with Gasteiger partial charge in [0, 0.05) is 38.5 Å². The molecule has 2 fully saturated rings. The van der Waals surface area contributed by atoms with Crippen molar-refractivity contribution < 1.29 is 9.18 Å². The van der Waals surface area contributed by atoms with Crippen LogP contribution in [0.25, 0.3) is 11.0 Å². The first-order valence-electron chi connectivity index (χ1n) is 9.22. The molecule has 2 N–H and O–H groups in total. The highest BCUT2D eigenvalue weighted by molar-refractivity contribution is 5.77. The monoisotopic (exact) mass is 344 g/mol. The number of aryl methyl sites for hydroxylation is 1. The van der Waals surface area contributed by atoms with E-state index in [-0.39, 0.29) is 11.7 Å². The number of aromatic nitrogens is 2. The lowest BCUT2D eigenvalue weighted by Gasteiger charge is -2.28. The average Bonchev–Trinajstić information content (AvgIpc) is 3.07. The lowest BCUT2D eigenvalue weighted by Crippen LogP contribution is -2.39. The highest BCUT2D eigenvalue weighted by Gasteiger charge is 2.34. The maximum atomic E-state index is 13.4. The maximum Gasteiger partial charge on any atom is 0.220 e. The van der Waals surface area contributed by atoms with Crippen LogP contribution in [0.2, 0.25) is 0 Å². The quantitative estimate of drug-likeness (QED) is 0.875. The Morgan fingerprint density at radius 3 is 2.88 bits per heavy atom. The van der Waals surface area contributed by atoms with Gasteiger partial charge in [0.1, 0.15) is 11.6 Å². The van der Waals surface area contributed by atoms with Gasteiger partial charge in [-0.1, -0.05) is 0 Å².